The summed E-state index contributed by atoms with van der Waals surface area (Å²) >= 11 is 0.636. The molecule has 0 aromatic carbocycles. The number of hydrogen-bond acceptors (Lipinski definition) is 4. The molecule has 0 aliphatic heterocycles. The Hall–Kier alpha value is -0.390. The van der Waals surface area contributed by atoms with E-state index in [-0.39, 0.29) is 0 Å². The topological polar surface area (TPSA) is 36.3 Å². The molecule has 1 aromatic rings. The lowest BCUT2D eigenvalue weighted by molar-refractivity contribution is -0.0769. The van der Waals surface area contributed by atoms with Gasteiger partial charge < -0.3 is 4.89 Å². The number of nitrogens with zero attached hydrogens (tertiary/aromatic N) is 2. The first-order valence-electron chi connectivity index (χ1n) is 3.29. The van der Waals surface area contributed by atoms with Crippen molar-refractivity contribution in [1.29, 1.82) is 0 Å². The molecule has 0 amide bonds. The zero-order valence-electron chi connectivity index (χ0n) is 7.00. The van der Waals surface area contributed by atoms with Crippen LogP contribution in [0.5, 0.6) is 5.75 Å². The fourth-order valence-corrected chi connectivity index (χ4v) is 1.09. The minimum absolute atomic E-state index is 0.616. The van der Waals surface area contributed by atoms with Gasteiger partial charge in [0.1, 0.15) is 5.69 Å². The summed E-state index contributed by atoms with van der Waals surface area (Å²) in [4.78, 5) is 4.89. The summed E-state index contributed by atoms with van der Waals surface area (Å²) in [6, 6.07) is 0. The SMILES string of the molecule is Cc1nn(C)c(C)c1OOSCl. The molecule has 0 saturated heterocycles. The van der Waals surface area contributed by atoms with Crippen LogP contribution < -0.4 is 4.89 Å². The first-order valence-corrected chi connectivity index (χ1v) is 4.85. The third-order valence-electron chi connectivity index (χ3n) is 1.59. The van der Waals surface area contributed by atoms with Gasteiger partial charge >= 0.3 is 0 Å². The fraction of sp³-hybridized carbons (Fsp3) is 0.500. The Morgan fingerprint density at radius 3 is 2.58 bits per heavy atom. The quantitative estimate of drug-likeness (QED) is 0.433. The predicted octanol–water partition coefficient (Wildman–Crippen LogP) is 2.15. The molecule has 1 aromatic heterocycles. The van der Waals surface area contributed by atoms with Crippen molar-refractivity contribution in [3.05, 3.63) is 11.4 Å². The molecule has 0 radical (unpaired) electrons. The minimum atomic E-state index is 0.616. The van der Waals surface area contributed by atoms with Crippen LogP contribution in [0.2, 0.25) is 0 Å². The maximum Gasteiger partial charge on any atom is 0.210 e. The number of hydrogen-bond donors (Lipinski definition) is 0. The Balaban J connectivity index is 2.82. The Labute approximate surface area is 79.4 Å². The van der Waals surface area contributed by atoms with Gasteiger partial charge in [-0.25, -0.2) is 0 Å². The van der Waals surface area contributed by atoms with E-state index in [0.717, 1.165) is 11.4 Å². The second kappa shape index (κ2) is 4.02. The van der Waals surface area contributed by atoms with Crippen LogP contribution in [0.25, 0.3) is 0 Å². The molecule has 12 heavy (non-hydrogen) atoms. The summed E-state index contributed by atoms with van der Waals surface area (Å²) < 4.78 is 6.24. The van der Waals surface area contributed by atoms with E-state index in [4.69, 9.17) is 15.6 Å². The van der Waals surface area contributed by atoms with Crippen molar-refractivity contribution in [3.8, 4) is 5.75 Å². The maximum atomic E-state index is 5.21. The fourth-order valence-electron chi connectivity index (χ4n) is 0.922. The lowest BCUT2D eigenvalue weighted by Crippen LogP contribution is -1.93. The molecule has 0 fully saturated rings. The van der Waals surface area contributed by atoms with E-state index >= 15 is 0 Å². The summed E-state index contributed by atoms with van der Waals surface area (Å²) in [5, 5.41) is 4.12. The van der Waals surface area contributed by atoms with Crippen molar-refractivity contribution in [3.63, 3.8) is 0 Å². The highest BCUT2D eigenvalue weighted by Gasteiger charge is 2.11. The summed E-state index contributed by atoms with van der Waals surface area (Å²) in [5.74, 6) is 0.616. The van der Waals surface area contributed by atoms with Crippen LogP contribution in [-0.2, 0) is 11.4 Å². The zero-order valence-corrected chi connectivity index (χ0v) is 8.57. The Kier molecular flexibility index (Phi) is 3.25. The molecule has 0 bridgehead atoms. The van der Waals surface area contributed by atoms with Crippen molar-refractivity contribution in [1.82, 2.24) is 9.78 Å². The number of aromatic nitrogens is 2. The normalized spacial score (nSPS) is 10.3. The average molecular weight is 209 g/mol. The standard InChI is InChI=1S/C6H9ClN2O2S/c1-4-6(10-11-12-7)5(2)9(3)8-4/h1-3H3. The highest BCUT2D eigenvalue weighted by Crippen LogP contribution is 2.23. The van der Waals surface area contributed by atoms with Gasteiger partial charge in [0.2, 0.25) is 5.75 Å². The highest BCUT2D eigenvalue weighted by atomic mass is 35.7. The summed E-state index contributed by atoms with van der Waals surface area (Å²) in [6.07, 6.45) is 0. The molecule has 1 heterocycles. The van der Waals surface area contributed by atoms with Crippen molar-refractivity contribution in [2.75, 3.05) is 0 Å². The van der Waals surface area contributed by atoms with Gasteiger partial charge in [-0.05, 0) is 24.5 Å². The van der Waals surface area contributed by atoms with Gasteiger partial charge in [-0.2, -0.15) is 5.10 Å². The van der Waals surface area contributed by atoms with Crippen LogP contribution in [0.4, 0.5) is 0 Å². The first kappa shape index (κ1) is 9.70. The van der Waals surface area contributed by atoms with Gasteiger partial charge in [0.25, 0.3) is 0 Å². The molecule has 0 N–H and O–H groups in total. The van der Waals surface area contributed by atoms with E-state index in [1.54, 1.807) is 4.68 Å². The molecule has 0 spiro atoms. The first-order chi connectivity index (χ1) is 5.66. The third kappa shape index (κ3) is 1.85. The zero-order chi connectivity index (χ0) is 9.14. The molecule has 0 atom stereocenters. The van der Waals surface area contributed by atoms with Crippen molar-refractivity contribution >= 4 is 21.9 Å². The molecule has 0 aliphatic carbocycles. The van der Waals surface area contributed by atoms with Crippen molar-refractivity contribution in [2.45, 2.75) is 13.8 Å². The third-order valence-corrected chi connectivity index (χ3v) is 1.86. The van der Waals surface area contributed by atoms with Gasteiger partial charge in [0.15, 0.2) is 11.3 Å². The Bertz CT molecular complexity index is 277. The molecule has 68 valence electrons. The van der Waals surface area contributed by atoms with Gasteiger partial charge in [-0.15, -0.1) is 0 Å². The van der Waals surface area contributed by atoms with E-state index in [2.05, 4.69) is 9.43 Å². The predicted molar refractivity (Wildman–Crippen MR) is 47.8 cm³/mol. The number of rotatable bonds is 3. The van der Waals surface area contributed by atoms with Gasteiger partial charge in [0.05, 0.1) is 5.69 Å². The summed E-state index contributed by atoms with van der Waals surface area (Å²) in [6.45, 7) is 3.72. The highest BCUT2D eigenvalue weighted by molar-refractivity contribution is 8.17. The van der Waals surface area contributed by atoms with Crippen LogP contribution in [0.3, 0.4) is 0 Å². The van der Waals surface area contributed by atoms with Crippen molar-refractivity contribution in [2.24, 2.45) is 7.05 Å². The largest absolute Gasteiger partial charge is 0.320 e. The Morgan fingerprint density at radius 1 is 1.50 bits per heavy atom. The molecular weight excluding hydrogens is 200 g/mol. The maximum absolute atomic E-state index is 5.21. The molecule has 0 saturated carbocycles. The lowest BCUT2D eigenvalue weighted by atomic mass is 10.3. The second-order valence-electron chi connectivity index (χ2n) is 2.34. The van der Waals surface area contributed by atoms with Crippen LogP contribution in [0.1, 0.15) is 11.4 Å². The van der Waals surface area contributed by atoms with Crippen LogP contribution >= 0.6 is 21.9 Å². The van der Waals surface area contributed by atoms with E-state index in [9.17, 15) is 0 Å². The average Bonchev–Trinajstić information content (AvgIpc) is 2.25. The van der Waals surface area contributed by atoms with Crippen molar-refractivity contribution < 1.29 is 9.22 Å². The van der Waals surface area contributed by atoms with Gasteiger partial charge in [-0.1, -0.05) is 4.33 Å². The Morgan fingerprint density at radius 2 is 2.17 bits per heavy atom. The molecular formula is C6H9ClN2O2S. The van der Waals surface area contributed by atoms with Crippen LogP contribution in [0, 0.1) is 13.8 Å². The monoisotopic (exact) mass is 208 g/mol. The molecule has 6 heteroatoms. The molecule has 0 unspecified atom stereocenters. The van der Waals surface area contributed by atoms with E-state index in [1.807, 2.05) is 20.9 Å². The van der Waals surface area contributed by atoms with Crippen LogP contribution in [0.15, 0.2) is 0 Å². The van der Waals surface area contributed by atoms with E-state index in [0.29, 0.717) is 17.0 Å². The lowest BCUT2D eigenvalue weighted by Gasteiger charge is -1.99. The number of halogens is 1. The van der Waals surface area contributed by atoms with Gasteiger partial charge in [-0.3, -0.25) is 4.68 Å². The van der Waals surface area contributed by atoms with Crippen LogP contribution in [-0.4, -0.2) is 9.78 Å². The van der Waals surface area contributed by atoms with Gasteiger partial charge in [0, 0.05) is 7.05 Å². The number of aryl methyl sites for hydroxylation is 2. The second-order valence-corrected chi connectivity index (χ2v) is 2.98. The van der Waals surface area contributed by atoms with E-state index in [1.165, 1.54) is 0 Å². The minimum Gasteiger partial charge on any atom is -0.320 e. The summed E-state index contributed by atoms with van der Waals surface area (Å²) in [7, 11) is 7.04. The summed E-state index contributed by atoms with van der Waals surface area (Å²) in [5.41, 5.74) is 1.68. The smallest absolute Gasteiger partial charge is 0.210 e. The molecule has 4 nitrogen and oxygen atoms in total. The molecule has 1 rings (SSSR count). The molecule has 0 aliphatic rings. The van der Waals surface area contributed by atoms with E-state index < -0.39 is 0 Å².